The Morgan fingerprint density at radius 1 is 1.00 bits per heavy atom. The van der Waals surface area contributed by atoms with Gasteiger partial charge in [-0.2, -0.15) is 0 Å². The molecule has 6 nitrogen and oxygen atoms in total. The highest BCUT2D eigenvalue weighted by atomic mass is 32.1. The van der Waals surface area contributed by atoms with Crippen molar-refractivity contribution in [2.75, 3.05) is 0 Å². The monoisotopic (exact) mass is 276 g/mol. The first-order valence-corrected chi connectivity index (χ1v) is 6.05. The second-order valence-electron chi connectivity index (χ2n) is 3.59. The molecule has 1 heterocycles. The smallest absolute Gasteiger partial charge is 0.258 e. The van der Waals surface area contributed by atoms with Crippen LogP contribution in [0.15, 0.2) is 36.4 Å². The minimum absolute atomic E-state index is 0.237. The normalized spacial score (nSPS) is 10.7. The first-order valence-electron chi connectivity index (χ1n) is 5.23. The van der Waals surface area contributed by atoms with Crippen LogP contribution >= 0.6 is 11.3 Å². The molecule has 96 valence electrons. The van der Waals surface area contributed by atoms with E-state index in [1.54, 1.807) is 6.08 Å². The van der Waals surface area contributed by atoms with E-state index < -0.39 is 9.85 Å². The van der Waals surface area contributed by atoms with Crippen LogP contribution in [0.4, 0.5) is 10.7 Å². The molecule has 2 rings (SSSR count). The van der Waals surface area contributed by atoms with Gasteiger partial charge in [0.25, 0.3) is 5.69 Å². The van der Waals surface area contributed by atoms with Crippen LogP contribution in [0.2, 0.25) is 0 Å². The van der Waals surface area contributed by atoms with E-state index in [0.717, 1.165) is 23.0 Å². The molecule has 0 amide bonds. The zero-order valence-electron chi connectivity index (χ0n) is 9.55. The minimum Gasteiger partial charge on any atom is -0.258 e. The van der Waals surface area contributed by atoms with Crippen molar-refractivity contribution in [1.29, 1.82) is 0 Å². The molecular formula is C12H8N2O4S. The lowest BCUT2D eigenvalue weighted by Gasteiger charge is -1.90. The summed E-state index contributed by atoms with van der Waals surface area (Å²) in [6, 6.07) is 10.2. The molecule has 1 aromatic carbocycles. The topological polar surface area (TPSA) is 86.3 Å². The molecule has 0 aliphatic carbocycles. The lowest BCUT2D eigenvalue weighted by molar-refractivity contribution is -0.390. The zero-order valence-corrected chi connectivity index (χ0v) is 10.4. The summed E-state index contributed by atoms with van der Waals surface area (Å²) in [5.41, 5.74) is 0.622. The average molecular weight is 276 g/mol. The van der Waals surface area contributed by atoms with Crippen molar-refractivity contribution in [3.05, 3.63) is 67.1 Å². The molecule has 0 saturated heterocycles. The average Bonchev–Trinajstić information content (AvgIpc) is 2.82. The Morgan fingerprint density at radius 2 is 1.68 bits per heavy atom. The summed E-state index contributed by atoms with van der Waals surface area (Å²) in [7, 11) is 0. The molecule has 0 spiro atoms. The second kappa shape index (κ2) is 5.40. The second-order valence-corrected chi connectivity index (χ2v) is 4.65. The molecule has 19 heavy (non-hydrogen) atoms. The molecule has 0 N–H and O–H groups in total. The van der Waals surface area contributed by atoms with Gasteiger partial charge in [-0.25, -0.2) is 0 Å². The fourth-order valence-corrected chi connectivity index (χ4v) is 2.32. The maximum Gasteiger partial charge on any atom is 0.331 e. The predicted molar refractivity (Wildman–Crippen MR) is 73.0 cm³/mol. The molecule has 1 aromatic heterocycles. The SMILES string of the molecule is O=[N+]([O-])c1cc([N+](=O)[O-])c(/C=C/c2ccccc2)s1. The quantitative estimate of drug-likeness (QED) is 0.628. The molecule has 0 saturated carbocycles. The number of thiophene rings is 1. The predicted octanol–water partition coefficient (Wildman–Crippen LogP) is 3.73. The summed E-state index contributed by atoms with van der Waals surface area (Å²) in [5.74, 6) is 0. The fraction of sp³-hybridized carbons (Fsp3) is 0. The third kappa shape index (κ3) is 3.02. The lowest BCUT2D eigenvalue weighted by Crippen LogP contribution is -1.86. The van der Waals surface area contributed by atoms with Crippen molar-refractivity contribution in [1.82, 2.24) is 0 Å². The number of hydrogen-bond donors (Lipinski definition) is 0. The summed E-state index contributed by atoms with van der Waals surface area (Å²) in [6.45, 7) is 0. The maximum absolute atomic E-state index is 10.8. The van der Waals surface area contributed by atoms with Gasteiger partial charge in [0.1, 0.15) is 10.9 Å². The van der Waals surface area contributed by atoms with Crippen molar-refractivity contribution in [2.24, 2.45) is 0 Å². The molecule has 0 unspecified atom stereocenters. The van der Waals surface area contributed by atoms with Gasteiger partial charge >= 0.3 is 5.00 Å². The molecular weight excluding hydrogens is 268 g/mol. The molecule has 2 aromatic rings. The van der Waals surface area contributed by atoms with E-state index in [0.29, 0.717) is 0 Å². The zero-order chi connectivity index (χ0) is 13.8. The van der Waals surface area contributed by atoms with Gasteiger partial charge in [0, 0.05) is 0 Å². The molecule has 0 atom stereocenters. The van der Waals surface area contributed by atoms with Crippen LogP contribution in [0.25, 0.3) is 12.2 Å². The van der Waals surface area contributed by atoms with Gasteiger partial charge in [-0.15, -0.1) is 0 Å². The Kier molecular flexibility index (Phi) is 3.67. The van der Waals surface area contributed by atoms with Gasteiger partial charge < -0.3 is 0 Å². The third-order valence-corrected chi connectivity index (χ3v) is 3.37. The number of nitrogens with zero attached hydrogens (tertiary/aromatic N) is 2. The Hall–Kier alpha value is -2.54. The standard InChI is InChI=1S/C12H8N2O4S/c15-13(16)10-8-12(14(17)18)19-11(10)7-6-9-4-2-1-3-5-9/h1-8H/b7-6+. The van der Waals surface area contributed by atoms with Gasteiger partial charge in [0.2, 0.25) is 0 Å². The lowest BCUT2D eigenvalue weighted by atomic mass is 10.2. The van der Waals surface area contributed by atoms with Crippen LogP contribution in [0.3, 0.4) is 0 Å². The van der Waals surface area contributed by atoms with Crippen molar-refractivity contribution >= 4 is 34.2 Å². The Labute approximate surface area is 111 Å². The summed E-state index contributed by atoms with van der Waals surface area (Å²) in [6.07, 6.45) is 3.20. The van der Waals surface area contributed by atoms with E-state index in [2.05, 4.69) is 0 Å². The van der Waals surface area contributed by atoms with Crippen molar-refractivity contribution in [3.8, 4) is 0 Å². The Balaban J connectivity index is 2.36. The number of benzene rings is 1. The first-order chi connectivity index (χ1) is 9.08. The van der Waals surface area contributed by atoms with E-state index in [-0.39, 0.29) is 15.6 Å². The largest absolute Gasteiger partial charge is 0.331 e. The highest BCUT2D eigenvalue weighted by Gasteiger charge is 2.22. The molecule has 0 radical (unpaired) electrons. The van der Waals surface area contributed by atoms with E-state index >= 15 is 0 Å². The van der Waals surface area contributed by atoms with E-state index in [1.807, 2.05) is 30.3 Å². The molecule has 7 heteroatoms. The van der Waals surface area contributed by atoms with Gasteiger partial charge in [0.05, 0.1) is 9.85 Å². The number of nitro groups is 2. The molecule has 0 fully saturated rings. The summed E-state index contributed by atoms with van der Waals surface area (Å²) >= 11 is 0.788. The minimum atomic E-state index is -0.627. The summed E-state index contributed by atoms with van der Waals surface area (Å²) in [4.78, 5) is 20.5. The highest BCUT2D eigenvalue weighted by Crippen LogP contribution is 2.35. The van der Waals surface area contributed by atoms with Crippen LogP contribution < -0.4 is 0 Å². The summed E-state index contributed by atoms with van der Waals surface area (Å²) in [5, 5.41) is 21.2. The van der Waals surface area contributed by atoms with Crippen molar-refractivity contribution < 1.29 is 9.85 Å². The Bertz CT molecular complexity index is 649. The molecule has 0 aliphatic heterocycles. The van der Waals surface area contributed by atoms with Crippen LogP contribution in [0, 0.1) is 20.2 Å². The van der Waals surface area contributed by atoms with Crippen LogP contribution in [0.5, 0.6) is 0 Å². The number of rotatable bonds is 4. The number of hydrogen-bond acceptors (Lipinski definition) is 5. The highest BCUT2D eigenvalue weighted by molar-refractivity contribution is 7.16. The van der Waals surface area contributed by atoms with Crippen molar-refractivity contribution in [3.63, 3.8) is 0 Å². The van der Waals surface area contributed by atoms with Gasteiger partial charge in [-0.05, 0) is 11.6 Å². The third-order valence-electron chi connectivity index (χ3n) is 2.33. The van der Waals surface area contributed by atoms with Crippen molar-refractivity contribution in [2.45, 2.75) is 0 Å². The summed E-state index contributed by atoms with van der Waals surface area (Å²) < 4.78 is 0. The fourth-order valence-electron chi connectivity index (χ4n) is 1.47. The van der Waals surface area contributed by atoms with Crippen LogP contribution in [-0.4, -0.2) is 9.85 Å². The van der Waals surface area contributed by atoms with Gasteiger partial charge in [-0.3, -0.25) is 20.2 Å². The van der Waals surface area contributed by atoms with Crippen LogP contribution in [-0.2, 0) is 0 Å². The molecule has 0 aliphatic rings. The Morgan fingerprint density at radius 3 is 2.26 bits per heavy atom. The maximum atomic E-state index is 10.8. The molecule has 0 bridgehead atoms. The van der Waals surface area contributed by atoms with Gasteiger partial charge in [0.15, 0.2) is 0 Å². The van der Waals surface area contributed by atoms with E-state index in [9.17, 15) is 20.2 Å². The van der Waals surface area contributed by atoms with E-state index in [1.165, 1.54) is 6.08 Å². The van der Waals surface area contributed by atoms with Crippen LogP contribution in [0.1, 0.15) is 10.4 Å². The first kappa shape index (κ1) is 12.9. The van der Waals surface area contributed by atoms with E-state index in [4.69, 9.17) is 0 Å². The van der Waals surface area contributed by atoms with Gasteiger partial charge in [-0.1, -0.05) is 47.7 Å².